The van der Waals surface area contributed by atoms with Gasteiger partial charge < -0.3 is 10.1 Å². The van der Waals surface area contributed by atoms with Gasteiger partial charge >= 0.3 is 5.97 Å². The van der Waals surface area contributed by atoms with Crippen molar-refractivity contribution in [1.82, 2.24) is 5.32 Å². The van der Waals surface area contributed by atoms with Crippen LogP contribution < -0.4 is 5.32 Å². The van der Waals surface area contributed by atoms with E-state index in [2.05, 4.69) is 17.4 Å². The molecule has 0 aromatic heterocycles. The molecule has 0 radical (unpaired) electrons. The van der Waals surface area contributed by atoms with Crippen LogP contribution in [-0.2, 0) is 14.3 Å². The molecular weight excluding hydrogens is 326 g/mol. The highest BCUT2D eigenvalue weighted by atomic mass is 35.5. The predicted octanol–water partition coefficient (Wildman–Crippen LogP) is 4.06. The molecule has 0 aliphatic heterocycles. The topological polar surface area (TPSA) is 55.4 Å². The Balaban J connectivity index is 2.38. The molecule has 0 saturated carbocycles. The molecule has 132 valence electrons. The summed E-state index contributed by atoms with van der Waals surface area (Å²) in [5.74, 6) is -0.223. The van der Waals surface area contributed by atoms with Crippen LogP contribution in [0.1, 0.15) is 44.2 Å². The Morgan fingerprint density at radius 3 is 2.54 bits per heavy atom. The molecule has 0 unspecified atom stereocenters. The van der Waals surface area contributed by atoms with Crippen LogP contribution in [0.25, 0.3) is 6.08 Å². The van der Waals surface area contributed by atoms with Gasteiger partial charge in [-0.05, 0) is 31.2 Å². The highest BCUT2D eigenvalue weighted by Gasteiger charge is 2.22. The fourth-order valence-corrected chi connectivity index (χ4v) is 2.39. The molecule has 0 spiro atoms. The molecule has 0 bridgehead atoms. The monoisotopic (exact) mass is 351 g/mol. The summed E-state index contributed by atoms with van der Waals surface area (Å²) in [5, 5.41) is 2.48. The minimum Gasteiger partial charge on any atom is -0.444 e. The predicted molar refractivity (Wildman–Crippen MR) is 97.6 cm³/mol. The highest BCUT2D eigenvalue weighted by Crippen LogP contribution is 2.13. The summed E-state index contributed by atoms with van der Waals surface area (Å²) < 4.78 is 5.21. The van der Waals surface area contributed by atoms with Gasteiger partial charge in [-0.3, -0.25) is 4.79 Å². The minimum atomic E-state index is -0.705. The first kappa shape index (κ1) is 20.2. The quantitative estimate of drug-likeness (QED) is 0.393. The number of esters is 1. The molecule has 24 heavy (non-hydrogen) atoms. The molecule has 0 fully saturated rings. The smallest absolute Gasteiger partial charge is 0.330 e. The molecule has 1 amide bonds. The van der Waals surface area contributed by atoms with E-state index >= 15 is 0 Å². The molecule has 0 saturated heterocycles. The summed E-state index contributed by atoms with van der Waals surface area (Å²) in [7, 11) is 0. The average Bonchev–Trinajstić information content (AvgIpc) is 2.52. The molecule has 1 aromatic carbocycles. The molecule has 2 atom stereocenters. The first-order chi connectivity index (χ1) is 11.4. The van der Waals surface area contributed by atoms with Gasteiger partial charge in [-0.15, -0.1) is 0 Å². The zero-order valence-corrected chi connectivity index (χ0v) is 15.3. The van der Waals surface area contributed by atoms with Crippen molar-refractivity contribution >= 4 is 30.1 Å². The number of ether oxygens (including phenoxy) is 1. The molecule has 1 N–H and O–H groups in total. The van der Waals surface area contributed by atoms with Gasteiger partial charge in [-0.25, -0.2) is 4.79 Å². The maximum atomic E-state index is 12.0. The van der Waals surface area contributed by atoms with E-state index in [1.54, 1.807) is 0 Å². The maximum absolute atomic E-state index is 12.0. The van der Waals surface area contributed by atoms with Crippen molar-refractivity contribution in [3.05, 3.63) is 41.5 Å². The van der Waals surface area contributed by atoms with Crippen molar-refractivity contribution in [1.29, 1.82) is 0 Å². The van der Waals surface area contributed by atoms with E-state index < -0.39 is 17.6 Å². The summed E-state index contributed by atoms with van der Waals surface area (Å²) in [6.07, 6.45) is 6.27. The van der Waals surface area contributed by atoms with Gasteiger partial charge in [0.05, 0.1) is 0 Å². The van der Waals surface area contributed by atoms with Crippen molar-refractivity contribution in [2.45, 2.75) is 51.6 Å². The molecular formula is C19H26ClNO3. The largest absolute Gasteiger partial charge is 0.444 e. The van der Waals surface area contributed by atoms with E-state index in [9.17, 15) is 9.59 Å². The van der Waals surface area contributed by atoms with Crippen molar-refractivity contribution in [2.75, 3.05) is 0 Å². The standard InChI is InChI=1S/C19H26ClNO3/c1-14(2)12-17(21-13-22)19(23)24-18(20)7-5-4-6-16-10-8-15(3)9-11-16/h4,6,8-11,13-14,17-18H,5,7,12H2,1-3H3,(H,21,22)/b6-4+/t17-,18-/m0/s1. The number of carbonyl (C=O) groups is 2. The number of hydrogen-bond donors (Lipinski definition) is 1. The van der Waals surface area contributed by atoms with Crippen LogP contribution in [0.2, 0.25) is 0 Å². The van der Waals surface area contributed by atoms with Crippen LogP contribution in [0.15, 0.2) is 30.3 Å². The Hall–Kier alpha value is -1.81. The highest BCUT2D eigenvalue weighted by molar-refractivity contribution is 6.20. The maximum Gasteiger partial charge on any atom is 0.330 e. The number of carbonyl (C=O) groups excluding carboxylic acids is 2. The summed E-state index contributed by atoms with van der Waals surface area (Å²) in [4.78, 5) is 22.6. The lowest BCUT2D eigenvalue weighted by Crippen LogP contribution is -2.39. The van der Waals surface area contributed by atoms with Crippen LogP contribution in [0.5, 0.6) is 0 Å². The van der Waals surface area contributed by atoms with Crippen molar-refractivity contribution in [3.8, 4) is 0 Å². The Bertz CT molecular complexity index is 540. The van der Waals surface area contributed by atoms with Gasteiger partial charge in [0.2, 0.25) is 6.41 Å². The molecule has 1 rings (SSSR count). The van der Waals surface area contributed by atoms with Gasteiger partial charge in [-0.1, -0.05) is 67.4 Å². The van der Waals surface area contributed by atoms with E-state index in [0.29, 0.717) is 25.7 Å². The zero-order chi connectivity index (χ0) is 17.9. The van der Waals surface area contributed by atoms with Crippen LogP contribution in [0.4, 0.5) is 0 Å². The first-order valence-corrected chi connectivity index (χ1v) is 8.63. The Labute approximate surface area is 149 Å². The lowest BCUT2D eigenvalue weighted by Gasteiger charge is -2.19. The molecule has 0 heterocycles. The number of amides is 1. The van der Waals surface area contributed by atoms with Crippen LogP contribution in [-0.4, -0.2) is 24.0 Å². The van der Waals surface area contributed by atoms with Gasteiger partial charge in [0.25, 0.3) is 0 Å². The minimum absolute atomic E-state index is 0.265. The molecule has 1 aromatic rings. The third-order valence-corrected chi connectivity index (χ3v) is 3.76. The van der Waals surface area contributed by atoms with E-state index in [4.69, 9.17) is 16.3 Å². The van der Waals surface area contributed by atoms with Gasteiger partial charge in [0.1, 0.15) is 6.04 Å². The number of allylic oxidation sites excluding steroid dienone is 1. The Kier molecular flexibility index (Phi) is 9.16. The summed E-state index contributed by atoms with van der Waals surface area (Å²) in [6, 6.07) is 7.56. The molecule has 4 nitrogen and oxygen atoms in total. The third-order valence-electron chi connectivity index (χ3n) is 3.45. The summed E-state index contributed by atoms with van der Waals surface area (Å²) >= 11 is 6.07. The van der Waals surface area contributed by atoms with Gasteiger partial charge in [0.15, 0.2) is 5.56 Å². The van der Waals surface area contributed by atoms with E-state index in [1.165, 1.54) is 5.56 Å². The van der Waals surface area contributed by atoms with Crippen molar-refractivity contribution in [2.24, 2.45) is 5.92 Å². The number of alkyl halides is 1. The van der Waals surface area contributed by atoms with Crippen LogP contribution in [0.3, 0.4) is 0 Å². The number of rotatable bonds is 10. The molecule has 5 heteroatoms. The Morgan fingerprint density at radius 2 is 1.96 bits per heavy atom. The molecule has 0 aliphatic carbocycles. The summed E-state index contributed by atoms with van der Waals surface area (Å²) in [6.45, 7) is 5.99. The van der Waals surface area contributed by atoms with Crippen LogP contribution >= 0.6 is 11.6 Å². The summed E-state index contributed by atoms with van der Waals surface area (Å²) in [5.41, 5.74) is 1.64. The number of hydrogen-bond acceptors (Lipinski definition) is 3. The normalized spacial score (nSPS) is 13.7. The number of benzene rings is 1. The Morgan fingerprint density at radius 1 is 1.29 bits per heavy atom. The fourth-order valence-electron chi connectivity index (χ4n) is 2.18. The SMILES string of the molecule is Cc1ccc(/C=C/CC[C@@H](Cl)OC(=O)[C@H](CC(C)C)NC=O)cc1. The second-order valence-corrected chi connectivity index (χ2v) is 6.69. The second kappa shape index (κ2) is 10.9. The number of nitrogens with one attached hydrogen (secondary N) is 1. The number of halogens is 1. The third kappa shape index (κ3) is 8.16. The van der Waals surface area contributed by atoms with E-state index in [-0.39, 0.29) is 5.92 Å². The van der Waals surface area contributed by atoms with E-state index in [1.807, 2.05) is 45.1 Å². The average molecular weight is 352 g/mol. The van der Waals surface area contributed by atoms with Crippen molar-refractivity contribution < 1.29 is 14.3 Å². The lowest BCUT2D eigenvalue weighted by atomic mass is 10.0. The zero-order valence-electron chi connectivity index (χ0n) is 14.5. The first-order valence-electron chi connectivity index (χ1n) is 8.19. The molecule has 0 aliphatic rings. The van der Waals surface area contributed by atoms with Gasteiger partial charge in [-0.2, -0.15) is 0 Å². The van der Waals surface area contributed by atoms with Crippen LogP contribution in [0, 0.1) is 12.8 Å². The van der Waals surface area contributed by atoms with Gasteiger partial charge in [0, 0.05) is 6.42 Å². The van der Waals surface area contributed by atoms with E-state index in [0.717, 1.165) is 5.56 Å². The lowest BCUT2D eigenvalue weighted by molar-refractivity contribution is -0.149. The second-order valence-electron chi connectivity index (χ2n) is 6.20. The fraction of sp³-hybridized carbons (Fsp3) is 0.474. The number of aryl methyl sites for hydroxylation is 1. The van der Waals surface area contributed by atoms with Crippen molar-refractivity contribution in [3.63, 3.8) is 0 Å².